The Kier molecular flexibility index (Phi) is 5.77. The Morgan fingerprint density at radius 1 is 1.50 bits per heavy atom. The molecule has 0 aliphatic heterocycles. The normalized spacial score (nSPS) is 12.0. The molecule has 0 amide bonds. The first kappa shape index (κ1) is 16.2. The molecule has 1 aromatic heterocycles. The number of aryl methyl sites for hydroxylation is 1. The Bertz CT molecular complexity index is 590. The van der Waals surface area contributed by atoms with Gasteiger partial charge in [-0.15, -0.1) is 0 Å². The zero-order chi connectivity index (χ0) is 15.3. The van der Waals surface area contributed by atoms with Gasteiger partial charge < -0.3 is 9.72 Å². The maximum Gasteiger partial charge on any atom is 0.319 e. The maximum atomic E-state index is 11.7. The summed E-state index contributed by atoms with van der Waals surface area (Å²) in [5, 5.41) is 8.73. The SMILES string of the molecule is CCc1nc(SC(C)C(=O)OC(C)C)[nH]c(=O)c1C#N. The molecule has 0 aromatic carbocycles. The second-order valence-electron chi connectivity index (χ2n) is 4.40. The molecule has 0 radical (unpaired) electrons. The van der Waals surface area contributed by atoms with Gasteiger partial charge in [-0.25, -0.2) is 4.98 Å². The average molecular weight is 295 g/mol. The van der Waals surface area contributed by atoms with Crippen LogP contribution in [0.3, 0.4) is 0 Å². The molecule has 1 N–H and O–H groups in total. The molecule has 6 nitrogen and oxygen atoms in total. The molecule has 0 aliphatic carbocycles. The van der Waals surface area contributed by atoms with Crippen LogP contribution in [0.15, 0.2) is 9.95 Å². The minimum Gasteiger partial charge on any atom is -0.462 e. The van der Waals surface area contributed by atoms with E-state index in [1.807, 2.05) is 13.0 Å². The summed E-state index contributed by atoms with van der Waals surface area (Å²) < 4.78 is 5.08. The highest BCUT2D eigenvalue weighted by Crippen LogP contribution is 2.20. The van der Waals surface area contributed by atoms with E-state index in [2.05, 4.69) is 9.97 Å². The third kappa shape index (κ3) is 4.10. The van der Waals surface area contributed by atoms with Gasteiger partial charge in [0.05, 0.1) is 11.8 Å². The Morgan fingerprint density at radius 3 is 2.65 bits per heavy atom. The van der Waals surface area contributed by atoms with Crippen molar-refractivity contribution in [2.24, 2.45) is 0 Å². The highest BCUT2D eigenvalue weighted by Gasteiger charge is 2.19. The van der Waals surface area contributed by atoms with Gasteiger partial charge in [0.1, 0.15) is 16.9 Å². The van der Waals surface area contributed by atoms with E-state index in [4.69, 9.17) is 10.00 Å². The lowest BCUT2D eigenvalue weighted by Gasteiger charge is -2.13. The van der Waals surface area contributed by atoms with Gasteiger partial charge in [-0.1, -0.05) is 18.7 Å². The number of nitrogens with one attached hydrogen (secondary N) is 1. The van der Waals surface area contributed by atoms with Gasteiger partial charge in [0, 0.05) is 0 Å². The maximum absolute atomic E-state index is 11.7. The summed E-state index contributed by atoms with van der Waals surface area (Å²) in [5.41, 5.74) is -0.0243. The van der Waals surface area contributed by atoms with Gasteiger partial charge in [0.2, 0.25) is 0 Å². The standard InChI is InChI=1S/C13H17N3O3S/c1-5-10-9(6-14)11(17)16-13(15-10)20-8(4)12(18)19-7(2)3/h7-8H,5H2,1-4H3,(H,15,16,17). The summed E-state index contributed by atoms with van der Waals surface area (Å²) in [4.78, 5) is 30.1. The van der Waals surface area contributed by atoms with Crippen LogP contribution in [0.2, 0.25) is 0 Å². The van der Waals surface area contributed by atoms with E-state index in [1.165, 1.54) is 0 Å². The van der Waals surface area contributed by atoms with E-state index in [9.17, 15) is 9.59 Å². The van der Waals surface area contributed by atoms with E-state index < -0.39 is 10.8 Å². The predicted molar refractivity (Wildman–Crippen MR) is 75.5 cm³/mol. The number of hydrogen-bond acceptors (Lipinski definition) is 6. The van der Waals surface area contributed by atoms with Crippen LogP contribution in [-0.2, 0) is 16.0 Å². The van der Waals surface area contributed by atoms with Crippen molar-refractivity contribution in [1.82, 2.24) is 9.97 Å². The number of aromatic nitrogens is 2. The minimum atomic E-state index is -0.488. The third-order valence-electron chi connectivity index (χ3n) is 2.39. The number of carbonyl (C=O) groups excluding carboxylic acids is 1. The summed E-state index contributed by atoms with van der Waals surface area (Å²) in [6.45, 7) is 7.03. The van der Waals surface area contributed by atoms with Gasteiger partial charge >= 0.3 is 5.97 Å². The fourth-order valence-electron chi connectivity index (χ4n) is 1.47. The number of hydrogen-bond donors (Lipinski definition) is 1. The van der Waals surface area contributed by atoms with E-state index in [-0.39, 0.29) is 17.6 Å². The molecule has 20 heavy (non-hydrogen) atoms. The molecule has 0 spiro atoms. The number of H-pyrrole nitrogens is 1. The highest BCUT2D eigenvalue weighted by molar-refractivity contribution is 8.00. The van der Waals surface area contributed by atoms with Crippen LogP contribution in [0.4, 0.5) is 0 Å². The molecule has 0 aliphatic rings. The van der Waals surface area contributed by atoms with E-state index >= 15 is 0 Å². The molecule has 0 saturated carbocycles. The number of nitrogens with zero attached hydrogens (tertiary/aromatic N) is 2. The number of carbonyl (C=O) groups is 1. The number of rotatable bonds is 5. The fraction of sp³-hybridized carbons (Fsp3) is 0.538. The van der Waals surface area contributed by atoms with Crippen molar-refractivity contribution in [2.45, 2.75) is 50.6 Å². The first-order chi connectivity index (χ1) is 9.38. The molecule has 1 atom stereocenters. The predicted octanol–water partition coefficient (Wildman–Crippen LogP) is 1.64. The van der Waals surface area contributed by atoms with Crippen molar-refractivity contribution < 1.29 is 9.53 Å². The van der Waals surface area contributed by atoms with Crippen LogP contribution in [0.25, 0.3) is 0 Å². The van der Waals surface area contributed by atoms with Gasteiger partial charge in [-0.2, -0.15) is 5.26 Å². The number of nitriles is 1. The second kappa shape index (κ2) is 7.10. The lowest BCUT2D eigenvalue weighted by Crippen LogP contribution is -2.22. The molecular formula is C13H17N3O3S. The zero-order valence-corrected chi connectivity index (χ0v) is 12.7. The number of ether oxygens (including phenoxy) is 1. The van der Waals surface area contributed by atoms with Crippen molar-refractivity contribution in [3.8, 4) is 6.07 Å². The minimum absolute atomic E-state index is 0.0225. The highest BCUT2D eigenvalue weighted by atomic mass is 32.2. The van der Waals surface area contributed by atoms with Crippen LogP contribution in [-0.4, -0.2) is 27.3 Å². The van der Waals surface area contributed by atoms with Crippen LogP contribution >= 0.6 is 11.8 Å². The lowest BCUT2D eigenvalue weighted by atomic mass is 10.2. The van der Waals surface area contributed by atoms with Crippen LogP contribution in [0.5, 0.6) is 0 Å². The van der Waals surface area contributed by atoms with Gasteiger partial charge in [0.25, 0.3) is 5.56 Å². The Hall–Kier alpha value is -1.81. The molecule has 1 heterocycles. The second-order valence-corrected chi connectivity index (χ2v) is 5.73. The molecule has 1 rings (SSSR count). The smallest absolute Gasteiger partial charge is 0.319 e. The van der Waals surface area contributed by atoms with E-state index in [0.29, 0.717) is 17.3 Å². The van der Waals surface area contributed by atoms with E-state index in [1.54, 1.807) is 20.8 Å². The van der Waals surface area contributed by atoms with Crippen molar-refractivity contribution in [3.63, 3.8) is 0 Å². The third-order valence-corrected chi connectivity index (χ3v) is 3.35. The van der Waals surface area contributed by atoms with Crippen LogP contribution < -0.4 is 5.56 Å². The van der Waals surface area contributed by atoms with Gasteiger partial charge in [0.15, 0.2) is 5.16 Å². The van der Waals surface area contributed by atoms with E-state index in [0.717, 1.165) is 11.8 Å². The molecule has 1 unspecified atom stereocenters. The van der Waals surface area contributed by atoms with Gasteiger partial charge in [-0.05, 0) is 27.2 Å². The molecular weight excluding hydrogens is 278 g/mol. The topological polar surface area (TPSA) is 95.8 Å². The van der Waals surface area contributed by atoms with Crippen molar-refractivity contribution in [1.29, 1.82) is 5.26 Å². The molecule has 7 heteroatoms. The van der Waals surface area contributed by atoms with Crippen molar-refractivity contribution >= 4 is 17.7 Å². The first-order valence-electron chi connectivity index (χ1n) is 6.29. The monoisotopic (exact) mass is 295 g/mol. The summed E-state index contributed by atoms with van der Waals surface area (Å²) in [6.07, 6.45) is 0.287. The summed E-state index contributed by atoms with van der Waals surface area (Å²) in [7, 11) is 0. The fourth-order valence-corrected chi connectivity index (χ4v) is 2.27. The van der Waals surface area contributed by atoms with Crippen molar-refractivity contribution in [3.05, 3.63) is 21.6 Å². The molecule has 1 aromatic rings. The summed E-state index contributed by atoms with van der Waals surface area (Å²) >= 11 is 1.11. The number of esters is 1. The van der Waals surface area contributed by atoms with Crippen LogP contribution in [0.1, 0.15) is 39.0 Å². The summed E-state index contributed by atoms with van der Waals surface area (Å²) in [5.74, 6) is -0.366. The summed E-state index contributed by atoms with van der Waals surface area (Å²) in [6, 6.07) is 1.84. The molecule has 108 valence electrons. The Morgan fingerprint density at radius 2 is 2.15 bits per heavy atom. The lowest BCUT2D eigenvalue weighted by molar-refractivity contribution is -0.146. The molecule has 0 bridgehead atoms. The van der Waals surface area contributed by atoms with Crippen LogP contribution in [0, 0.1) is 11.3 Å². The zero-order valence-electron chi connectivity index (χ0n) is 11.9. The Balaban J connectivity index is 2.94. The quantitative estimate of drug-likeness (QED) is 0.504. The molecule has 0 fully saturated rings. The number of thioether (sulfide) groups is 1. The number of aromatic amines is 1. The Labute approximate surface area is 121 Å². The van der Waals surface area contributed by atoms with Crippen molar-refractivity contribution in [2.75, 3.05) is 0 Å². The first-order valence-corrected chi connectivity index (χ1v) is 7.17. The molecule has 0 saturated heterocycles. The largest absolute Gasteiger partial charge is 0.462 e. The van der Waals surface area contributed by atoms with Gasteiger partial charge in [-0.3, -0.25) is 9.59 Å². The average Bonchev–Trinajstić information content (AvgIpc) is 2.37.